The zero-order chi connectivity index (χ0) is 15.7. The topological polar surface area (TPSA) is 78.4 Å². The zero-order valence-electron chi connectivity index (χ0n) is 13.4. The molecule has 0 radical (unpaired) electrons. The average Bonchev–Trinajstić information content (AvgIpc) is 2.43. The van der Waals surface area contributed by atoms with E-state index in [-0.39, 0.29) is 36.4 Å². The quantitative estimate of drug-likeness (QED) is 0.690. The predicted molar refractivity (Wildman–Crippen MR) is 82.9 cm³/mol. The van der Waals surface area contributed by atoms with Crippen LogP contribution in [0.5, 0.6) is 0 Å². The fraction of sp³-hybridized carbons (Fsp3) is 0.882. The number of aliphatic hydroxyl groups is 1. The van der Waals surface area contributed by atoms with Crippen molar-refractivity contribution in [2.45, 2.75) is 57.9 Å². The van der Waals surface area contributed by atoms with Gasteiger partial charge in [0.2, 0.25) is 11.8 Å². The van der Waals surface area contributed by atoms with Crippen molar-refractivity contribution in [3.05, 3.63) is 0 Å². The standard InChI is InChI=1S/C17H28N2O3/c1-11(10-20)19-16(22)9-18-15(21)8-17-5-12-2-13(6-17)4-14(3-12)7-17/h11-14,20H,2-10H2,1H3,(H,18,21)(H,19,22). The first-order chi connectivity index (χ1) is 10.5. The summed E-state index contributed by atoms with van der Waals surface area (Å²) in [6, 6.07) is -0.271. The van der Waals surface area contributed by atoms with Gasteiger partial charge in [-0.1, -0.05) is 0 Å². The summed E-state index contributed by atoms with van der Waals surface area (Å²) in [4.78, 5) is 23.9. The molecule has 1 unspecified atom stereocenters. The first-order valence-electron chi connectivity index (χ1n) is 8.65. The number of nitrogens with one attached hydrogen (secondary N) is 2. The Kier molecular flexibility index (Phi) is 4.44. The molecule has 1 atom stereocenters. The second-order valence-corrected chi connectivity index (χ2v) is 8.02. The van der Waals surface area contributed by atoms with Crippen LogP contribution in [-0.2, 0) is 9.59 Å². The number of rotatable bonds is 6. The highest BCUT2D eigenvalue weighted by molar-refractivity contribution is 5.85. The Balaban J connectivity index is 1.47. The van der Waals surface area contributed by atoms with Crippen LogP contribution < -0.4 is 10.6 Å². The van der Waals surface area contributed by atoms with Crippen LogP contribution >= 0.6 is 0 Å². The minimum absolute atomic E-state index is 0.00810. The minimum atomic E-state index is -0.271. The molecule has 0 aromatic heterocycles. The van der Waals surface area contributed by atoms with Crippen molar-refractivity contribution >= 4 is 11.8 Å². The predicted octanol–water partition coefficient (Wildman–Crippen LogP) is 1.21. The van der Waals surface area contributed by atoms with Gasteiger partial charge in [0.1, 0.15) is 0 Å². The second kappa shape index (κ2) is 6.19. The van der Waals surface area contributed by atoms with E-state index in [0.717, 1.165) is 17.8 Å². The summed E-state index contributed by atoms with van der Waals surface area (Å²) in [5.41, 5.74) is 0.216. The van der Waals surface area contributed by atoms with Crippen molar-refractivity contribution in [2.75, 3.05) is 13.2 Å². The van der Waals surface area contributed by atoms with Crippen molar-refractivity contribution in [2.24, 2.45) is 23.2 Å². The zero-order valence-corrected chi connectivity index (χ0v) is 13.4. The third kappa shape index (κ3) is 3.45. The molecule has 0 aromatic rings. The van der Waals surface area contributed by atoms with Gasteiger partial charge < -0.3 is 15.7 Å². The molecule has 124 valence electrons. The number of carbonyl (C=O) groups excluding carboxylic acids is 2. The Hall–Kier alpha value is -1.10. The lowest BCUT2D eigenvalue weighted by atomic mass is 9.49. The molecular weight excluding hydrogens is 280 g/mol. The van der Waals surface area contributed by atoms with E-state index in [0.29, 0.717) is 6.42 Å². The minimum Gasteiger partial charge on any atom is -0.394 e. The highest BCUT2D eigenvalue weighted by Crippen LogP contribution is 2.61. The maximum atomic E-state index is 12.2. The largest absolute Gasteiger partial charge is 0.394 e. The smallest absolute Gasteiger partial charge is 0.239 e. The van der Waals surface area contributed by atoms with Crippen LogP contribution in [0.15, 0.2) is 0 Å². The lowest BCUT2D eigenvalue weighted by Gasteiger charge is -2.56. The fourth-order valence-corrected chi connectivity index (χ4v) is 5.46. The molecule has 4 saturated carbocycles. The van der Waals surface area contributed by atoms with Gasteiger partial charge in [-0.25, -0.2) is 0 Å². The van der Waals surface area contributed by atoms with E-state index in [9.17, 15) is 9.59 Å². The van der Waals surface area contributed by atoms with E-state index >= 15 is 0 Å². The van der Waals surface area contributed by atoms with Crippen LogP contribution in [0, 0.1) is 23.2 Å². The molecule has 4 aliphatic rings. The monoisotopic (exact) mass is 308 g/mol. The molecule has 0 saturated heterocycles. The molecule has 0 aromatic carbocycles. The molecule has 4 aliphatic carbocycles. The summed E-state index contributed by atoms with van der Waals surface area (Å²) in [5.74, 6) is 2.29. The summed E-state index contributed by atoms with van der Waals surface area (Å²) in [7, 11) is 0. The van der Waals surface area contributed by atoms with Crippen LogP contribution in [0.1, 0.15) is 51.9 Å². The Morgan fingerprint density at radius 2 is 1.64 bits per heavy atom. The molecule has 4 rings (SSSR count). The molecule has 3 N–H and O–H groups in total. The fourth-order valence-electron chi connectivity index (χ4n) is 5.46. The van der Waals surface area contributed by atoms with Crippen LogP contribution in [0.3, 0.4) is 0 Å². The van der Waals surface area contributed by atoms with Gasteiger partial charge in [-0.05, 0) is 68.6 Å². The molecule has 0 spiro atoms. The average molecular weight is 308 g/mol. The maximum absolute atomic E-state index is 12.2. The van der Waals surface area contributed by atoms with Crippen molar-refractivity contribution in [1.82, 2.24) is 10.6 Å². The summed E-state index contributed by atoms with van der Waals surface area (Å²) in [5, 5.41) is 14.3. The number of hydrogen-bond donors (Lipinski definition) is 3. The molecule has 4 bridgehead atoms. The molecule has 0 heterocycles. The highest BCUT2D eigenvalue weighted by atomic mass is 16.3. The van der Waals surface area contributed by atoms with Gasteiger partial charge >= 0.3 is 0 Å². The number of carbonyl (C=O) groups is 2. The van der Waals surface area contributed by atoms with Crippen LogP contribution in [0.2, 0.25) is 0 Å². The van der Waals surface area contributed by atoms with Gasteiger partial charge in [0, 0.05) is 12.5 Å². The molecular formula is C17H28N2O3. The van der Waals surface area contributed by atoms with Gasteiger partial charge in [0.05, 0.1) is 13.2 Å². The summed E-state index contributed by atoms with van der Waals surface area (Å²) >= 11 is 0. The third-order valence-electron chi connectivity index (χ3n) is 5.83. The maximum Gasteiger partial charge on any atom is 0.239 e. The Labute approximate surface area is 132 Å². The van der Waals surface area contributed by atoms with Gasteiger partial charge in [-0.3, -0.25) is 9.59 Å². The third-order valence-corrected chi connectivity index (χ3v) is 5.83. The lowest BCUT2D eigenvalue weighted by molar-refractivity contribution is -0.132. The SMILES string of the molecule is CC(CO)NC(=O)CNC(=O)CC12CC3CC(CC(C3)C1)C2. The van der Waals surface area contributed by atoms with E-state index in [1.54, 1.807) is 6.92 Å². The van der Waals surface area contributed by atoms with Gasteiger partial charge in [-0.15, -0.1) is 0 Å². The molecule has 5 heteroatoms. The number of hydrogen-bond acceptors (Lipinski definition) is 3. The second-order valence-electron chi connectivity index (χ2n) is 8.02. The van der Waals surface area contributed by atoms with E-state index in [4.69, 9.17) is 5.11 Å². The van der Waals surface area contributed by atoms with Crippen molar-refractivity contribution in [1.29, 1.82) is 0 Å². The van der Waals surface area contributed by atoms with Crippen LogP contribution in [-0.4, -0.2) is 36.1 Å². The van der Waals surface area contributed by atoms with E-state index < -0.39 is 0 Å². The first-order valence-corrected chi connectivity index (χ1v) is 8.65. The Bertz CT molecular complexity index is 414. The number of aliphatic hydroxyl groups excluding tert-OH is 1. The molecule has 22 heavy (non-hydrogen) atoms. The van der Waals surface area contributed by atoms with Crippen molar-refractivity contribution in [3.63, 3.8) is 0 Å². The lowest BCUT2D eigenvalue weighted by Crippen LogP contribution is -2.49. The van der Waals surface area contributed by atoms with Gasteiger partial charge in [0.15, 0.2) is 0 Å². The van der Waals surface area contributed by atoms with Crippen molar-refractivity contribution in [3.8, 4) is 0 Å². The van der Waals surface area contributed by atoms with Gasteiger partial charge in [-0.2, -0.15) is 0 Å². The first kappa shape index (κ1) is 15.8. The van der Waals surface area contributed by atoms with Crippen LogP contribution in [0.25, 0.3) is 0 Å². The van der Waals surface area contributed by atoms with Crippen molar-refractivity contribution < 1.29 is 14.7 Å². The molecule has 2 amide bonds. The highest BCUT2D eigenvalue weighted by Gasteiger charge is 2.51. The van der Waals surface area contributed by atoms with E-state index in [1.165, 1.54) is 38.5 Å². The Morgan fingerprint density at radius 3 is 2.14 bits per heavy atom. The van der Waals surface area contributed by atoms with E-state index in [2.05, 4.69) is 10.6 Å². The molecule has 4 fully saturated rings. The molecule has 5 nitrogen and oxygen atoms in total. The van der Waals surface area contributed by atoms with Gasteiger partial charge in [0.25, 0.3) is 0 Å². The normalized spacial score (nSPS) is 36.9. The van der Waals surface area contributed by atoms with E-state index in [1.807, 2.05) is 0 Å². The van der Waals surface area contributed by atoms with Crippen LogP contribution in [0.4, 0.5) is 0 Å². The summed E-state index contributed by atoms with van der Waals surface area (Å²) < 4.78 is 0. The molecule has 0 aliphatic heterocycles. The number of amides is 2. The summed E-state index contributed by atoms with van der Waals surface area (Å²) in [6.07, 6.45) is 8.34. The Morgan fingerprint density at radius 1 is 1.09 bits per heavy atom. The summed E-state index contributed by atoms with van der Waals surface area (Å²) in [6.45, 7) is 1.65.